The van der Waals surface area contributed by atoms with Crippen molar-refractivity contribution in [2.75, 3.05) is 6.61 Å². The normalized spacial score (nSPS) is 16.5. The molecule has 0 aromatic heterocycles. The zero-order chi connectivity index (χ0) is 9.56. The Kier molecular flexibility index (Phi) is 6.34. The van der Waals surface area contributed by atoms with Gasteiger partial charge in [0.25, 0.3) is 0 Å². The van der Waals surface area contributed by atoms with Gasteiger partial charge in [0.05, 0.1) is 18.8 Å². The summed E-state index contributed by atoms with van der Waals surface area (Å²) in [5.41, 5.74) is 0. The molecule has 0 aliphatic rings. The first-order chi connectivity index (χ1) is 5.57. The second-order valence-electron chi connectivity index (χ2n) is 3.31. The topological polar surface area (TPSA) is 49.7 Å². The van der Waals surface area contributed by atoms with Crippen molar-refractivity contribution in [3.8, 4) is 0 Å². The van der Waals surface area contributed by atoms with Gasteiger partial charge in [-0.1, -0.05) is 13.3 Å². The van der Waals surface area contributed by atoms with E-state index in [4.69, 9.17) is 4.74 Å². The maximum atomic E-state index is 9.32. The molecule has 0 fully saturated rings. The summed E-state index contributed by atoms with van der Waals surface area (Å²) in [5, 5.41) is 18.6. The van der Waals surface area contributed by atoms with Gasteiger partial charge >= 0.3 is 0 Å². The Balaban J connectivity index is 3.49. The average Bonchev–Trinajstić information content (AvgIpc) is 2.00. The summed E-state index contributed by atoms with van der Waals surface area (Å²) < 4.78 is 5.16. The molecule has 0 aliphatic heterocycles. The third kappa shape index (κ3) is 5.52. The van der Waals surface area contributed by atoms with Gasteiger partial charge in [0.15, 0.2) is 0 Å². The van der Waals surface area contributed by atoms with Crippen molar-refractivity contribution in [1.29, 1.82) is 0 Å². The molecule has 0 heterocycles. The van der Waals surface area contributed by atoms with Crippen molar-refractivity contribution >= 4 is 0 Å². The largest absolute Gasteiger partial charge is 0.390 e. The van der Waals surface area contributed by atoms with E-state index in [0.29, 0.717) is 6.42 Å². The Morgan fingerprint density at radius 3 is 2.17 bits per heavy atom. The zero-order valence-corrected chi connectivity index (χ0v) is 8.16. The Morgan fingerprint density at radius 1 is 1.17 bits per heavy atom. The summed E-state index contributed by atoms with van der Waals surface area (Å²) >= 11 is 0. The fourth-order valence-corrected chi connectivity index (χ4v) is 0.890. The van der Waals surface area contributed by atoms with E-state index in [0.717, 1.165) is 6.42 Å². The first kappa shape index (κ1) is 11.9. The van der Waals surface area contributed by atoms with Crippen LogP contribution in [0.3, 0.4) is 0 Å². The fraction of sp³-hybridized carbons (Fsp3) is 1.00. The first-order valence-corrected chi connectivity index (χ1v) is 4.55. The smallest absolute Gasteiger partial charge is 0.103 e. The van der Waals surface area contributed by atoms with Crippen LogP contribution in [-0.2, 0) is 4.74 Å². The van der Waals surface area contributed by atoms with Crippen LogP contribution in [0.4, 0.5) is 0 Å². The lowest BCUT2D eigenvalue weighted by Crippen LogP contribution is -2.31. The van der Waals surface area contributed by atoms with Crippen molar-refractivity contribution in [1.82, 2.24) is 0 Å². The minimum atomic E-state index is -0.743. The summed E-state index contributed by atoms with van der Waals surface area (Å²) in [6.45, 7) is 6.00. The van der Waals surface area contributed by atoms with E-state index in [2.05, 4.69) is 0 Å². The maximum Gasteiger partial charge on any atom is 0.103 e. The standard InChI is InChI=1S/C9H20O3/c1-4-5-8(10)9(11)6-12-7(2)3/h7-11H,4-6H2,1-3H3. The van der Waals surface area contributed by atoms with E-state index >= 15 is 0 Å². The molecular formula is C9H20O3. The molecule has 3 nitrogen and oxygen atoms in total. The number of hydrogen-bond acceptors (Lipinski definition) is 3. The average molecular weight is 176 g/mol. The number of hydrogen-bond donors (Lipinski definition) is 2. The number of aliphatic hydroxyl groups excluding tert-OH is 2. The molecule has 2 unspecified atom stereocenters. The lowest BCUT2D eigenvalue weighted by Gasteiger charge is -2.18. The zero-order valence-electron chi connectivity index (χ0n) is 8.16. The van der Waals surface area contributed by atoms with Gasteiger partial charge in [-0.15, -0.1) is 0 Å². The molecule has 3 heteroatoms. The highest BCUT2D eigenvalue weighted by atomic mass is 16.5. The van der Waals surface area contributed by atoms with Crippen LogP contribution in [0, 0.1) is 0 Å². The van der Waals surface area contributed by atoms with Crippen LogP contribution in [0.15, 0.2) is 0 Å². The SMILES string of the molecule is CCCC(O)C(O)COC(C)C. The Hall–Kier alpha value is -0.120. The van der Waals surface area contributed by atoms with Gasteiger partial charge in [-0.3, -0.25) is 0 Å². The highest BCUT2D eigenvalue weighted by Gasteiger charge is 2.15. The molecule has 12 heavy (non-hydrogen) atoms. The molecule has 0 spiro atoms. The van der Waals surface area contributed by atoms with Crippen molar-refractivity contribution in [2.24, 2.45) is 0 Å². The highest BCUT2D eigenvalue weighted by molar-refractivity contribution is 4.65. The molecule has 2 atom stereocenters. The second kappa shape index (κ2) is 6.40. The van der Waals surface area contributed by atoms with Gasteiger partial charge in [-0.05, 0) is 20.3 Å². The molecule has 0 radical (unpaired) electrons. The Labute approximate surface area is 74.4 Å². The van der Waals surface area contributed by atoms with Crippen LogP contribution in [0.5, 0.6) is 0 Å². The monoisotopic (exact) mass is 176 g/mol. The molecule has 74 valence electrons. The summed E-state index contributed by atoms with van der Waals surface area (Å²) in [7, 11) is 0. The molecule has 0 aromatic carbocycles. The van der Waals surface area contributed by atoms with Gasteiger partial charge < -0.3 is 14.9 Å². The number of ether oxygens (including phenoxy) is 1. The second-order valence-corrected chi connectivity index (χ2v) is 3.31. The van der Waals surface area contributed by atoms with Gasteiger partial charge in [-0.2, -0.15) is 0 Å². The minimum absolute atomic E-state index is 0.105. The van der Waals surface area contributed by atoms with Crippen molar-refractivity contribution in [3.63, 3.8) is 0 Å². The summed E-state index contributed by atoms with van der Waals surface area (Å²) in [5.74, 6) is 0. The highest BCUT2D eigenvalue weighted by Crippen LogP contribution is 2.03. The van der Waals surface area contributed by atoms with Crippen LogP contribution in [-0.4, -0.2) is 35.1 Å². The van der Waals surface area contributed by atoms with Gasteiger partial charge in [0.2, 0.25) is 0 Å². The number of rotatable bonds is 6. The predicted molar refractivity (Wildman–Crippen MR) is 48.0 cm³/mol. The van der Waals surface area contributed by atoms with Crippen molar-refractivity contribution in [2.45, 2.75) is 51.9 Å². The van der Waals surface area contributed by atoms with Gasteiger partial charge in [0.1, 0.15) is 6.10 Å². The lowest BCUT2D eigenvalue weighted by atomic mass is 10.1. The van der Waals surface area contributed by atoms with Crippen molar-refractivity contribution < 1.29 is 14.9 Å². The fourth-order valence-electron chi connectivity index (χ4n) is 0.890. The number of aliphatic hydroxyl groups is 2. The molecule has 0 saturated carbocycles. The predicted octanol–water partition coefficient (Wildman–Crippen LogP) is 0.933. The molecule has 0 aliphatic carbocycles. The van der Waals surface area contributed by atoms with Crippen LogP contribution in [0.2, 0.25) is 0 Å². The van der Waals surface area contributed by atoms with E-state index in [9.17, 15) is 10.2 Å². The third-order valence-electron chi connectivity index (χ3n) is 1.63. The van der Waals surface area contributed by atoms with Crippen LogP contribution in [0.25, 0.3) is 0 Å². The summed E-state index contributed by atoms with van der Waals surface area (Å²) in [6, 6.07) is 0. The van der Waals surface area contributed by atoms with Crippen LogP contribution < -0.4 is 0 Å². The van der Waals surface area contributed by atoms with Crippen LogP contribution >= 0.6 is 0 Å². The Morgan fingerprint density at radius 2 is 1.75 bits per heavy atom. The van der Waals surface area contributed by atoms with Crippen LogP contribution in [0.1, 0.15) is 33.6 Å². The molecular weight excluding hydrogens is 156 g/mol. The van der Waals surface area contributed by atoms with Crippen molar-refractivity contribution in [3.05, 3.63) is 0 Å². The molecule has 0 aromatic rings. The first-order valence-electron chi connectivity index (χ1n) is 4.55. The maximum absolute atomic E-state index is 9.32. The molecule has 2 N–H and O–H groups in total. The molecule has 0 amide bonds. The third-order valence-corrected chi connectivity index (χ3v) is 1.63. The minimum Gasteiger partial charge on any atom is -0.390 e. The Bertz CT molecular complexity index is 104. The molecule has 0 saturated heterocycles. The van der Waals surface area contributed by atoms with E-state index in [1.807, 2.05) is 20.8 Å². The van der Waals surface area contributed by atoms with Gasteiger partial charge in [0, 0.05) is 0 Å². The molecule has 0 bridgehead atoms. The van der Waals surface area contributed by atoms with E-state index in [1.54, 1.807) is 0 Å². The lowest BCUT2D eigenvalue weighted by molar-refractivity contribution is -0.0552. The summed E-state index contributed by atoms with van der Waals surface area (Å²) in [6.07, 6.45) is 0.220. The quantitative estimate of drug-likeness (QED) is 0.633. The van der Waals surface area contributed by atoms with E-state index < -0.39 is 12.2 Å². The van der Waals surface area contributed by atoms with E-state index in [1.165, 1.54) is 0 Å². The molecule has 0 rings (SSSR count). The van der Waals surface area contributed by atoms with E-state index in [-0.39, 0.29) is 12.7 Å². The van der Waals surface area contributed by atoms with Gasteiger partial charge in [-0.25, -0.2) is 0 Å². The summed E-state index contributed by atoms with van der Waals surface area (Å²) in [4.78, 5) is 0.